The van der Waals surface area contributed by atoms with E-state index in [9.17, 15) is 4.79 Å². The number of nitrogens with one attached hydrogen (secondary N) is 1. The van der Waals surface area contributed by atoms with E-state index in [-0.39, 0.29) is 11.4 Å². The van der Waals surface area contributed by atoms with Crippen LogP contribution in [0.2, 0.25) is 0 Å². The van der Waals surface area contributed by atoms with Crippen LogP contribution in [0.1, 0.15) is 26.7 Å². The number of hydrogen-bond donors (Lipinski definition) is 2. The minimum Gasteiger partial charge on any atom is -0.363 e. The summed E-state index contributed by atoms with van der Waals surface area (Å²) < 4.78 is 4.57. The quantitative estimate of drug-likeness (QED) is 0.758. The average Bonchev–Trinajstić information content (AvgIpc) is 2.52. The van der Waals surface area contributed by atoms with Gasteiger partial charge in [-0.2, -0.15) is 0 Å². The molecule has 0 aliphatic carbocycles. The molecule has 1 aromatic rings. The molecule has 0 bridgehead atoms. The zero-order valence-electron chi connectivity index (χ0n) is 8.41. The lowest BCUT2D eigenvalue weighted by atomic mass is 10.00. The number of amides is 1. The smallest absolute Gasteiger partial charge is 0.224 e. The highest BCUT2D eigenvalue weighted by Crippen LogP contribution is 2.09. The number of carbonyl (C=O) groups is 1. The molecule has 0 saturated carbocycles. The number of nitrogens with zero attached hydrogens (tertiary/aromatic N) is 1. The zero-order chi connectivity index (χ0) is 10.6. The summed E-state index contributed by atoms with van der Waals surface area (Å²) in [5, 5.41) is 6.11. The SMILES string of the molecule is CC(C)(N)CCC(=O)Nc1cnoc1. The third-order valence-electron chi connectivity index (χ3n) is 1.71. The second-order valence-corrected chi connectivity index (χ2v) is 3.95. The molecule has 78 valence electrons. The van der Waals surface area contributed by atoms with Crippen LogP contribution in [-0.4, -0.2) is 16.6 Å². The van der Waals surface area contributed by atoms with Gasteiger partial charge >= 0.3 is 0 Å². The summed E-state index contributed by atoms with van der Waals surface area (Å²) in [6.45, 7) is 3.78. The van der Waals surface area contributed by atoms with Crippen LogP contribution >= 0.6 is 0 Å². The van der Waals surface area contributed by atoms with Crippen molar-refractivity contribution in [3.8, 4) is 0 Å². The number of nitrogens with two attached hydrogens (primary N) is 1. The third kappa shape index (κ3) is 4.04. The summed E-state index contributed by atoms with van der Waals surface area (Å²) in [4.78, 5) is 11.3. The molecule has 5 heteroatoms. The van der Waals surface area contributed by atoms with Crippen molar-refractivity contribution < 1.29 is 9.32 Å². The highest BCUT2D eigenvalue weighted by molar-refractivity contribution is 5.90. The van der Waals surface area contributed by atoms with E-state index in [2.05, 4.69) is 15.0 Å². The molecule has 0 aromatic carbocycles. The van der Waals surface area contributed by atoms with Crippen molar-refractivity contribution in [2.24, 2.45) is 5.73 Å². The molecule has 0 spiro atoms. The van der Waals surface area contributed by atoms with Crippen LogP contribution in [0.25, 0.3) is 0 Å². The number of rotatable bonds is 4. The minimum atomic E-state index is -0.314. The Kier molecular flexibility index (Phi) is 3.24. The second-order valence-electron chi connectivity index (χ2n) is 3.95. The van der Waals surface area contributed by atoms with Gasteiger partial charge in [0, 0.05) is 12.0 Å². The molecule has 0 saturated heterocycles. The zero-order valence-corrected chi connectivity index (χ0v) is 8.41. The largest absolute Gasteiger partial charge is 0.363 e. The predicted octanol–water partition coefficient (Wildman–Crippen LogP) is 1.13. The Bertz CT molecular complexity index is 288. The van der Waals surface area contributed by atoms with Crippen molar-refractivity contribution in [2.45, 2.75) is 32.2 Å². The first-order valence-corrected chi connectivity index (χ1v) is 4.45. The van der Waals surface area contributed by atoms with Gasteiger partial charge in [-0.05, 0) is 20.3 Å². The molecule has 0 fully saturated rings. The fraction of sp³-hybridized carbons (Fsp3) is 0.556. The van der Waals surface area contributed by atoms with Crippen LogP contribution in [0.4, 0.5) is 5.69 Å². The second kappa shape index (κ2) is 4.23. The van der Waals surface area contributed by atoms with Crippen LogP contribution in [0.3, 0.4) is 0 Å². The first-order valence-electron chi connectivity index (χ1n) is 4.45. The van der Waals surface area contributed by atoms with Gasteiger partial charge < -0.3 is 15.6 Å². The predicted molar refractivity (Wildman–Crippen MR) is 52.6 cm³/mol. The average molecular weight is 197 g/mol. The Morgan fingerprint density at radius 3 is 2.93 bits per heavy atom. The van der Waals surface area contributed by atoms with Crippen LogP contribution in [0, 0.1) is 0 Å². The molecule has 1 rings (SSSR count). The van der Waals surface area contributed by atoms with Gasteiger partial charge in [-0.1, -0.05) is 5.16 Å². The van der Waals surface area contributed by atoms with Gasteiger partial charge in [0.25, 0.3) is 0 Å². The molecule has 5 nitrogen and oxygen atoms in total. The molecule has 0 aliphatic rings. The number of carbonyl (C=O) groups excluding carboxylic acids is 1. The fourth-order valence-corrected chi connectivity index (χ4v) is 0.926. The summed E-state index contributed by atoms with van der Waals surface area (Å²) in [5.74, 6) is -0.0771. The molecular formula is C9H15N3O2. The minimum absolute atomic E-state index is 0.0771. The van der Waals surface area contributed by atoms with E-state index < -0.39 is 0 Å². The molecule has 0 aliphatic heterocycles. The van der Waals surface area contributed by atoms with E-state index in [1.165, 1.54) is 12.5 Å². The first kappa shape index (κ1) is 10.7. The van der Waals surface area contributed by atoms with Crippen LogP contribution in [-0.2, 0) is 4.79 Å². The number of aromatic nitrogens is 1. The van der Waals surface area contributed by atoms with Gasteiger partial charge in [0.2, 0.25) is 5.91 Å². The maximum absolute atomic E-state index is 11.3. The Morgan fingerprint density at radius 2 is 2.43 bits per heavy atom. The topological polar surface area (TPSA) is 81.2 Å². The summed E-state index contributed by atoms with van der Waals surface area (Å²) in [7, 11) is 0. The summed E-state index contributed by atoms with van der Waals surface area (Å²) in [6, 6.07) is 0. The molecule has 0 unspecified atom stereocenters. The summed E-state index contributed by atoms with van der Waals surface area (Å²) in [6.07, 6.45) is 3.87. The summed E-state index contributed by atoms with van der Waals surface area (Å²) >= 11 is 0. The van der Waals surface area contributed by atoms with Crippen molar-refractivity contribution in [1.82, 2.24) is 5.16 Å². The van der Waals surface area contributed by atoms with Crippen molar-refractivity contribution >= 4 is 11.6 Å². The lowest BCUT2D eigenvalue weighted by Crippen LogP contribution is -2.33. The van der Waals surface area contributed by atoms with Crippen molar-refractivity contribution in [3.63, 3.8) is 0 Å². The van der Waals surface area contributed by atoms with Crippen molar-refractivity contribution in [2.75, 3.05) is 5.32 Å². The van der Waals surface area contributed by atoms with Crippen LogP contribution in [0.15, 0.2) is 17.0 Å². The lowest BCUT2D eigenvalue weighted by Gasteiger charge is -2.17. The van der Waals surface area contributed by atoms with E-state index in [0.29, 0.717) is 18.5 Å². The van der Waals surface area contributed by atoms with E-state index in [4.69, 9.17) is 5.73 Å². The van der Waals surface area contributed by atoms with E-state index in [1.54, 1.807) is 0 Å². The number of hydrogen-bond acceptors (Lipinski definition) is 4. The molecular weight excluding hydrogens is 182 g/mol. The maximum Gasteiger partial charge on any atom is 0.224 e. The van der Waals surface area contributed by atoms with Crippen molar-refractivity contribution in [3.05, 3.63) is 12.5 Å². The summed E-state index contributed by atoms with van der Waals surface area (Å²) in [5.41, 5.74) is 6.01. The normalized spacial score (nSPS) is 11.4. The first-order chi connectivity index (χ1) is 6.47. The standard InChI is InChI=1S/C9H15N3O2/c1-9(2,10)4-3-8(13)12-7-5-11-14-6-7/h5-6H,3-4,10H2,1-2H3,(H,12,13). The highest BCUT2D eigenvalue weighted by atomic mass is 16.5. The molecule has 1 aromatic heterocycles. The van der Waals surface area contributed by atoms with Gasteiger partial charge in [0.05, 0.1) is 6.20 Å². The molecule has 14 heavy (non-hydrogen) atoms. The monoisotopic (exact) mass is 197 g/mol. The van der Waals surface area contributed by atoms with Gasteiger partial charge in [-0.25, -0.2) is 0 Å². The molecule has 1 amide bonds. The van der Waals surface area contributed by atoms with Gasteiger partial charge in [0.15, 0.2) is 0 Å². The molecule has 0 radical (unpaired) electrons. The third-order valence-corrected chi connectivity index (χ3v) is 1.71. The van der Waals surface area contributed by atoms with Gasteiger partial charge in [-0.3, -0.25) is 4.79 Å². The Labute approximate surface area is 82.6 Å². The molecule has 1 heterocycles. The van der Waals surface area contributed by atoms with Crippen LogP contribution in [0.5, 0.6) is 0 Å². The fourth-order valence-electron chi connectivity index (χ4n) is 0.926. The van der Waals surface area contributed by atoms with Gasteiger partial charge in [-0.15, -0.1) is 0 Å². The Balaban J connectivity index is 2.30. The van der Waals surface area contributed by atoms with Crippen molar-refractivity contribution in [1.29, 1.82) is 0 Å². The lowest BCUT2D eigenvalue weighted by molar-refractivity contribution is -0.116. The maximum atomic E-state index is 11.3. The van der Waals surface area contributed by atoms with Gasteiger partial charge in [0.1, 0.15) is 12.0 Å². The van der Waals surface area contributed by atoms with E-state index in [0.717, 1.165) is 0 Å². The Hall–Kier alpha value is -1.36. The van der Waals surface area contributed by atoms with E-state index >= 15 is 0 Å². The molecule has 3 N–H and O–H groups in total. The Morgan fingerprint density at radius 1 is 1.71 bits per heavy atom. The number of anilines is 1. The van der Waals surface area contributed by atoms with Crippen LogP contribution < -0.4 is 11.1 Å². The highest BCUT2D eigenvalue weighted by Gasteiger charge is 2.13. The van der Waals surface area contributed by atoms with E-state index in [1.807, 2.05) is 13.8 Å². The molecule has 0 atom stereocenters.